The van der Waals surface area contributed by atoms with Crippen molar-refractivity contribution in [2.24, 2.45) is 5.92 Å². The summed E-state index contributed by atoms with van der Waals surface area (Å²) in [6, 6.07) is 18.4. The summed E-state index contributed by atoms with van der Waals surface area (Å²) in [5.41, 5.74) is 3.22. The van der Waals surface area contributed by atoms with Crippen LogP contribution in [0.1, 0.15) is 23.1 Å². The maximum absolute atomic E-state index is 6.46. The van der Waals surface area contributed by atoms with Crippen molar-refractivity contribution in [1.29, 1.82) is 0 Å². The van der Waals surface area contributed by atoms with E-state index in [0.717, 1.165) is 28.4 Å². The molecular formula is C23H21Cl2N5S. The smallest absolute Gasteiger partial charge is 0.192 e. The highest BCUT2D eigenvalue weighted by atomic mass is 35.5. The number of aromatic nitrogens is 5. The minimum atomic E-state index is -0.685. The summed E-state index contributed by atoms with van der Waals surface area (Å²) < 4.78 is 3.51. The van der Waals surface area contributed by atoms with E-state index in [4.69, 9.17) is 23.2 Å². The first kappa shape index (κ1) is 20.6. The molecule has 2 unspecified atom stereocenters. The number of nitrogens with zero attached hydrogens (tertiary/aromatic N) is 5. The van der Waals surface area contributed by atoms with Crippen LogP contribution >= 0.6 is 35.0 Å². The largest absolute Gasteiger partial charge is 0.323 e. The number of hydrogen-bond donors (Lipinski definition) is 0. The van der Waals surface area contributed by atoms with Gasteiger partial charge in [0.05, 0.1) is 23.9 Å². The van der Waals surface area contributed by atoms with Gasteiger partial charge in [-0.25, -0.2) is 4.98 Å². The summed E-state index contributed by atoms with van der Waals surface area (Å²) in [4.78, 5) is 4.48. The molecule has 1 saturated carbocycles. The zero-order valence-electron chi connectivity index (χ0n) is 16.7. The molecule has 0 saturated heterocycles. The van der Waals surface area contributed by atoms with Crippen LogP contribution in [0.5, 0.6) is 0 Å². The third kappa shape index (κ3) is 4.12. The number of fused-ring (bicyclic) bond motifs is 1. The van der Waals surface area contributed by atoms with Gasteiger partial charge in [-0.3, -0.25) is 0 Å². The molecule has 0 amide bonds. The van der Waals surface area contributed by atoms with Gasteiger partial charge in [-0.1, -0.05) is 60.3 Å². The summed E-state index contributed by atoms with van der Waals surface area (Å²) in [7, 11) is 0. The molecule has 0 bridgehead atoms. The van der Waals surface area contributed by atoms with E-state index in [1.165, 1.54) is 5.56 Å². The van der Waals surface area contributed by atoms with Crippen molar-refractivity contribution in [2.75, 3.05) is 0 Å². The molecule has 0 spiro atoms. The lowest BCUT2D eigenvalue weighted by Crippen LogP contribution is -2.10. The number of hydrogen-bond acceptors (Lipinski definition) is 4. The fraction of sp³-hybridized carbons (Fsp3) is 0.261. The minimum Gasteiger partial charge on any atom is -0.323 e. The van der Waals surface area contributed by atoms with Crippen molar-refractivity contribution in [3.8, 4) is 0 Å². The quantitative estimate of drug-likeness (QED) is 0.183. The molecule has 4 aromatic rings. The molecule has 2 aromatic carbocycles. The molecule has 2 aromatic heterocycles. The van der Waals surface area contributed by atoms with Crippen molar-refractivity contribution in [3.05, 3.63) is 85.0 Å². The molecule has 0 aliphatic heterocycles. The van der Waals surface area contributed by atoms with Crippen LogP contribution in [0.25, 0.3) is 11.0 Å². The molecule has 5 rings (SSSR count). The Kier molecular flexibility index (Phi) is 5.54. The van der Waals surface area contributed by atoms with Crippen molar-refractivity contribution >= 4 is 46.0 Å². The van der Waals surface area contributed by atoms with Crippen LogP contribution in [0.15, 0.2) is 78.7 Å². The van der Waals surface area contributed by atoms with Crippen LogP contribution in [0, 0.1) is 5.92 Å². The van der Waals surface area contributed by atoms with Gasteiger partial charge < -0.3 is 9.13 Å². The minimum absolute atomic E-state index is 0.103. The fourth-order valence-electron chi connectivity index (χ4n) is 3.83. The maximum Gasteiger partial charge on any atom is 0.192 e. The second-order valence-corrected chi connectivity index (χ2v) is 10.3. The monoisotopic (exact) mass is 469 g/mol. The second-order valence-electron chi connectivity index (χ2n) is 7.68. The van der Waals surface area contributed by atoms with Gasteiger partial charge in [0.15, 0.2) is 11.0 Å². The molecule has 0 radical (unpaired) electrons. The Bertz CT molecular complexity index is 1220. The van der Waals surface area contributed by atoms with E-state index in [1.807, 2.05) is 48.8 Å². The molecule has 8 heteroatoms. The Balaban J connectivity index is 1.46. The Morgan fingerprint density at radius 2 is 1.87 bits per heavy atom. The van der Waals surface area contributed by atoms with E-state index in [0.29, 0.717) is 13.1 Å². The topological polar surface area (TPSA) is 48.5 Å². The van der Waals surface area contributed by atoms with Gasteiger partial charge in [0.2, 0.25) is 0 Å². The molecule has 5 nitrogen and oxygen atoms in total. The predicted octanol–water partition coefficient (Wildman–Crippen LogP) is 5.89. The summed E-state index contributed by atoms with van der Waals surface area (Å²) in [6.45, 7) is 5.13. The second kappa shape index (κ2) is 8.34. The Morgan fingerprint density at radius 1 is 1.13 bits per heavy atom. The molecule has 31 heavy (non-hydrogen) atoms. The first-order valence-electron chi connectivity index (χ1n) is 10.1. The van der Waals surface area contributed by atoms with Crippen molar-refractivity contribution in [1.82, 2.24) is 24.3 Å². The van der Waals surface area contributed by atoms with Gasteiger partial charge in [-0.2, -0.15) is 0 Å². The SMILES string of the molecule is C=CCn1c(Cn2cnc3ccccc32)nnc1SC(c1ccccc1)C1CC1(Cl)Cl. The van der Waals surface area contributed by atoms with Crippen molar-refractivity contribution in [2.45, 2.75) is 34.3 Å². The fourth-order valence-corrected chi connectivity index (χ4v) is 5.97. The van der Waals surface area contributed by atoms with Crippen molar-refractivity contribution < 1.29 is 0 Å². The maximum atomic E-state index is 6.46. The van der Waals surface area contributed by atoms with Crippen LogP contribution in [0.3, 0.4) is 0 Å². The van der Waals surface area contributed by atoms with Crippen LogP contribution in [-0.2, 0) is 13.1 Å². The number of benzene rings is 2. The van der Waals surface area contributed by atoms with E-state index in [1.54, 1.807) is 11.8 Å². The lowest BCUT2D eigenvalue weighted by molar-refractivity contribution is 0.645. The number of rotatable bonds is 8. The molecule has 2 heterocycles. The third-order valence-corrected chi connectivity index (χ3v) is 7.78. The zero-order valence-corrected chi connectivity index (χ0v) is 19.1. The molecular weight excluding hydrogens is 449 g/mol. The van der Waals surface area contributed by atoms with Gasteiger partial charge in [-0.15, -0.1) is 40.0 Å². The summed E-state index contributed by atoms with van der Waals surface area (Å²) >= 11 is 14.6. The lowest BCUT2D eigenvalue weighted by Gasteiger charge is -2.18. The van der Waals surface area contributed by atoms with Gasteiger partial charge in [-0.05, 0) is 24.1 Å². The average Bonchev–Trinajstić information content (AvgIpc) is 3.09. The van der Waals surface area contributed by atoms with Gasteiger partial charge in [0.1, 0.15) is 4.33 Å². The van der Waals surface area contributed by atoms with Crippen LogP contribution in [-0.4, -0.2) is 28.6 Å². The van der Waals surface area contributed by atoms with E-state index in [-0.39, 0.29) is 11.2 Å². The van der Waals surface area contributed by atoms with Crippen molar-refractivity contribution in [3.63, 3.8) is 0 Å². The van der Waals surface area contributed by atoms with Gasteiger partial charge >= 0.3 is 0 Å². The van der Waals surface area contributed by atoms with E-state index in [2.05, 4.69) is 49.1 Å². The Labute approximate surface area is 195 Å². The predicted molar refractivity (Wildman–Crippen MR) is 127 cm³/mol. The highest BCUT2D eigenvalue weighted by molar-refractivity contribution is 7.99. The first-order chi connectivity index (χ1) is 15.1. The lowest BCUT2D eigenvalue weighted by atomic mass is 10.1. The normalized spacial score (nSPS) is 18.2. The van der Waals surface area contributed by atoms with E-state index in [9.17, 15) is 0 Å². The molecule has 1 fully saturated rings. The zero-order chi connectivity index (χ0) is 21.4. The summed E-state index contributed by atoms with van der Waals surface area (Å²) in [6.07, 6.45) is 4.48. The van der Waals surface area contributed by atoms with E-state index < -0.39 is 4.33 Å². The summed E-state index contributed by atoms with van der Waals surface area (Å²) in [5, 5.41) is 9.98. The molecule has 1 aliphatic rings. The van der Waals surface area contributed by atoms with E-state index >= 15 is 0 Å². The number of allylic oxidation sites excluding steroid dienone is 1. The summed E-state index contributed by atoms with van der Waals surface area (Å²) in [5.74, 6) is 1.02. The highest BCUT2D eigenvalue weighted by Crippen LogP contribution is 2.63. The molecule has 2 atom stereocenters. The molecule has 158 valence electrons. The van der Waals surface area contributed by atoms with Crippen LogP contribution in [0.2, 0.25) is 0 Å². The third-order valence-electron chi connectivity index (χ3n) is 5.54. The number of thioether (sulfide) groups is 1. The molecule has 0 N–H and O–H groups in total. The van der Waals surface area contributed by atoms with Crippen LogP contribution in [0.4, 0.5) is 0 Å². The Hall–Kier alpha value is -2.28. The number of alkyl halides is 2. The Morgan fingerprint density at radius 3 is 2.61 bits per heavy atom. The standard InChI is InChI=1S/C23H21Cl2N5S/c1-2-12-30-20(14-29-15-26-18-10-6-7-11-19(18)29)27-28-22(30)31-21(17-13-23(17,24)25)16-8-4-3-5-9-16/h2-11,15,17,21H,1,12-14H2. The van der Waals surface area contributed by atoms with Gasteiger partial charge in [0.25, 0.3) is 0 Å². The first-order valence-corrected chi connectivity index (χ1v) is 11.7. The van der Waals surface area contributed by atoms with Crippen LogP contribution < -0.4 is 0 Å². The highest BCUT2D eigenvalue weighted by Gasteiger charge is 2.56. The molecule has 1 aliphatic carbocycles. The number of halogens is 2. The number of para-hydroxylation sites is 2. The van der Waals surface area contributed by atoms with Gasteiger partial charge in [0, 0.05) is 17.7 Å². The number of imidazole rings is 1. The average molecular weight is 470 g/mol.